The Kier molecular flexibility index (Phi) is 3.71. The standard InChI is InChI=1S/C13H23N5/c1-10-9-15-12(16-11(10)18(2)3)17-13(14)7-5-4-6-8-13/h9H,4-8,14H2,1-3H3,(H,15,16,17). The lowest BCUT2D eigenvalue weighted by atomic mass is 9.90. The number of hydrogen-bond donors (Lipinski definition) is 2. The van der Waals surface area contributed by atoms with Crippen molar-refractivity contribution < 1.29 is 0 Å². The lowest BCUT2D eigenvalue weighted by Gasteiger charge is -2.34. The van der Waals surface area contributed by atoms with Crippen molar-refractivity contribution in [2.75, 3.05) is 24.3 Å². The molecule has 0 amide bonds. The van der Waals surface area contributed by atoms with Crippen LogP contribution in [0.1, 0.15) is 37.7 Å². The van der Waals surface area contributed by atoms with Gasteiger partial charge in [0.1, 0.15) is 5.82 Å². The SMILES string of the molecule is Cc1cnc(NC2(N)CCCCC2)nc1N(C)C. The van der Waals surface area contributed by atoms with Crippen LogP contribution in [0.5, 0.6) is 0 Å². The van der Waals surface area contributed by atoms with E-state index < -0.39 is 0 Å². The fourth-order valence-corrected chi connectivity index (χ4v) is 2.48. The molecule has 1 aliphatic rings. The van der Waals surface area contributed by atoms with E-state index in [4.69, 9.17) is 5.73 Å². The van der Waals surface area contributed by atoms with Crippen molar-refractivity contribution in [3.63, 3.8) is 0 Å². The highest BCUT2D eigenvalue weighted by Gasteiger charge is 2.28. The zero-order valence-electron chi connectivity index (χ0n) is 11.5. The Hall–Kier alpha value is -1.36. The van der Waals surface area contributed by atoms with Crippen molar-refractivity contribution >= 4 is 11.8 Å². The van der Waals surface area contributed by atoms with Gasteiger partial charge in [-0.15, -0.1) is 0 Å². The van der Waals surface area contributed by atoms with Crippen LogP contribution in [0.15, 0.2) is 6.20 Å². The van der Waals surface area contributed by atoms with Crippen LogP contribution in [0.4, 0.5) is 11.8 Å². The summed E-state index contributed by atoms with van der Waals surface area (Å²) in [7, 11) is 3.97. The average Bonchev–Trinajstić information content (AvgIpc) is 2.32. The molecule has 3 N–H and O–H groups in total. The highest BCUT2D eigenvalue weighted by molar-refractivity contribution is 5.48. The van der Waals surface area contributed by atoms with Crippen LogP contribution in [0, 0.1) is 6.92 Å². The highest BCUT2D eigenvalue weighted by atomic mass is 15.2. The minimum absolute atomic E-state index is 0.336. The summed E-state index contributed by atoms with van der Waals surface area (Å²) in [5.41, 5.74) is 7.08. The van der Waals surface area contributed by atoms with Gasteiger partial charge in [-0.2, -0.15) is 4.98 Å². The van der Waals surface area contributed by atoms with Crippen molar-refractivity contribution in [2.45, 2.75) is 44.7 Å². The van der Waals surface area contributed by atoms with E-state index in [2.05, 4.69) is 15.3 Å². The predicted molar refractivity (Wildman–Crippen MR) is 74.7 cm³/mol. The number of aromatic nitrogens is 2. The molecular formula is C13H23N5. The summed E-state index contributed by atoms with van der Waals surface area (Å²) in [5, 5.41) is 3.31. The lowest BCUT2D eigenvalue weighted by molar-refractivity contribution is 0.331. The Morgan fingerprint density at radius 2 is 1.94 bits per heavy atom. The molecule has 2 rings (SSSR count). The van der Waals surface area contributed by atoms with E-state index in [1.807, 2.05) is 32.1 Å². The second-order valence-corrected chi connectivity index (χ2v) is 5.44. The molecule has 0 atom stereocenters. The van der Waals surface area contributed by atoms with E-state index in [0.29, 0.717) is 5.95 Å². The van der Waals surface area contributed by atoms with Gasteiger partial charge < -0.3 is 16.0 Å². The first kappa shape index (κ1) is 13.1. The van der Waals surface area contributed by atoms with Crippen molar-refractivity contribution in [1.82, 2.24) is 9.97 Å². The summed E-state index contributed by atoms with van der Waals surface area (Å²) in [5.74, 6) is 1.57. The third-order valence-electron chi connectivity index (χ3n) is 3.48. The Balaban J connectivity index is 2.16. The summed E-state index contributed by atoms with van der Waals surface area (Å²) in [6, 6.07) is 0. The molecule has 5 heteroatoms. The molecule has 0 bridgehead atoms. The van der Waals surface area contributed by atoms with Gasteiger partial charge in [0.2, 0.25) is 5.95 Å². The number of rotatable bonds is 3. The zero-order chi connectivity index (χ0) is 13.2. The van der Waals surface area contributed by atoms with E-state index in [1.165, 1.54) is 19.3 Å². The van der Waals surface area contributed by atoms with Crippen molar-refractivity contribution in [1.29, 1.82) is 0 Å². The number of aryl methyl sites for hydroxylation is 1. The Morgan fingerprint density at radius 1 is 1.28 bits per heavy atom. The van der Waals surface area contributed by atoms with Gasteiger partial charge in [0, 0.05) is 25.9 Å². The fraction of sp³-hybridized carbons (Fsp3) is 0.692. The van der Waals surface area contributed by atoms with Crippen molar-refractivity contribution in [2.24, 2.45) is 5.73 Å². The summed E-state index contributed by atoms with van der Waals surface area (Å²) >= 11 is 0. The molecule has 1 fully saturated rings. The van der Waals surface area contributed by atoms with Crippen LogP contribution in [-0.2, 0) is 0 Å². The third-order valence-corrected chi connectivity index (χ3v) is 3.48. The zero-order valence-corrected chi connectivity index (χ0v) is 11.5. The molecule has 0 saturated heterocycles. The molecule has 0 radical (unpaired) electrons. The molecule has 100 valence electrons. The molecule has 1 aliphatic carbocycles. The number of nitrogens with two attached hydrogens (primary N) is 1. The van der Waals surface area contributed by atoms with E-state index in [9.17, 15) is 0 Å². The maximum atomic E-state index is 6.35. The van der Waals surface area contributed by atoms with Crippen LogP contribution in [0.25, 0.3) is 0 Å². The van der Waals surface area contributed by atoms with Gasteiger partial charge in [-0.05, 0) is 32.6 Å². The van der Waals surface area contributed by atoms with E-state index in [0.717, 1.165) is 24.2 Å². The van der Waals surface area contributed by atoms with Crippen LogP contribution < -0.4 is 16.0 Å². The first-order valence-electron chi connectivity index (χ1n) is 6.58. The monoisotopic (exact) mass is 249 g/mol. The molecular weight excluding hydrogens is 226 g/mol. The largest absolute Gasteiger partial charge is 0.362 e. The Bertz CT molecular complexity index is 410. The number of anilines is 2. The maximum Gasteiger partial charge on any atom is 0.226 e. The fourth-order valence-electron chi connectivity index (χ4n) is 2.48. The first-order chi connectivity index (χ1) is 8.50. The smallest absolute Gasteiger partial charge is 0.226 e. The van der Waals surface area contributed by atoms with Gasteiger partial charge in [-0.25, -0.2) is 4.98 Å². The number of hydrogen-bond acceptors (Lipinski definition) is 5. The van der Waals surface area contributed by atoms with Crippen LogP contribution in [0.3, 0.4) is 0 Å². The topological polar surface area (TPSA) is 67.1 Å². The maximum absolute atomic E-state index is 6.35. The molecule has 0 aliphatic heterocycles. The van der Waals surface area contributed by atoms with Crippen LogP contribution in [0.2, 0.25) is 0 Å². The molecule has 5 nitrogen and oxygen atoms in total. The first-order valence-corrected chi connectivity index (χ1v) is 6.58. The summed E-state index contributed by atoms with van der Waals surface area (Å²) in [6.45, 7) is 2.01. The number of nitrogens with zero attached hydrogens (tertiary/aromatic N) is 3. The van der Waals surface area contributed by atoms with Gasteiger partial charge in [-0.3, -0.25) is 0 Å². The Labute approximate surface area is 109 Å². The molecule has 0 spiro atoms. The third kappa shape index (κ3) is 2.90. The van der Waals surface area contributed by atoms with E-state index in [1.54, 1.807) is 0 Å². The minimum atomic E-state index is -0.336. The molecule has 1 heterocycles. The highest BCUT2D eigenvalue weighted by Crippen LogP contribution is 2.27. The van der Waals surface area contributed by atoms with Gasteiger partial charge in [0.15, 0.2) is 0 Å². The summed E-state index contributed by atoms with van der Waals surface area (Å²) in [6.07, 6.45) is 7.45. The normalized spacial score (nSPS) is 18.4. The van der Waals surface area contributed by atoms with Gasteiger partial charge in [0.25, 0.3) is 0 Å². The van der Waals surface area contributed by atoms with Gasteiger partial charge >= 0.3 is 0 Å². The number of nitrogens with one attached hydrogen (secondary N) is 1. The van der Waals surface area contributed by atoms with Gasteiger partial charge in [-0.1, -0.05) is 6.42 Å². The molecule has 18 heavy (non-hydrogen) atoms. The molecule has 0 aromatic carbocycles. The lowest BCUT2D eigenvalue weighted by Crippen LogP contribution is -2.49. The summed E-state index contributed by atoms with van der Waals surface area (Å²) < 4.78 is 0. The minimum Gasteiger partial charge on any atom is -0.362 e. The van der Waals surface area contributed by atoms with E-state index in [-0.39, 0.29) is 5.66 Å². The summed E-state index contributed by atoms with van der Waals surface area (Å²) in [4.78, 5) is 10.9. The second-order valence-electron chi connectivity index (χ2n) is 5.44. The predicted octanol–water partition coefficient (Wildman–Crippen LogP) is 1.88. The quantitative estimate of drug-likeness (QED) is 0.801. The molecule has 0 unspecified atom stereocenters. The van der Waals surface area contributed by atoms with E-state index >= 15 is 0 Å². The van der Waals surface area contributed by atoms with Crippen LogP contribution >= 0.6 is 0 Å². The van der Waals surface area contributed by atoms with Crippen LogP contribution in [-0.4, -0.2) is 29.7 Å². The van der Waals surface area contributed by atoms with Gasteiger partial charge in [0.05, 0.1) is 5.66 Å². The average molecular weight is 249 g/mol. The molecule has 1 saturated carbocycles. The Morgan fingerprint density at radius 3 is 2.56 bits per heavy atom. The van der Waals surface area contributed by atoms with Crippen molar-refractivity contribution in [3.05, 3.63) is 11.8 Å². The van der Waals surface area contributed by atoms with Crippen molar-refractivity contribution in [3.8, 4) is 0 Å². The molecule has 1 aromatic rings. The molecule has 1 aromatic heterocycles. The second kappa shape index (κ2) is 5.10.